The molecule has 11 heteroatoms. The summed E-state index contributed by atoms with van der Waals surface area (Å²) in [6.07, 6.45) is 3.90. The lowest BCUT2D eigenvalue weighted by Gasteiger charge is -2.28. The number of aromatic hydroxyl groups is 1. The Morgan fingerprint density at radius 1 is 1.11 bits per heavy atom. The van der Waals surface area contributed by atoms with E-state index in [0.717, 1.165) is 25.8 Å². The second-order valence-electron chi connectivity index (χ2n) is 8.79. The number of rotatable bonds is 14. The number of carboxylic acids is 2. The van der Waals surface area contributed by atoms with Gasteiger partial charge in [-0.15, -0.1) is 0 Å². The molecule has 1 aliphatic heterocycles. The maximum atomic E-state index is 13.0. The Balaban J connectivity index is 2.05. The third kappa shape index (κ3) is 9.44. The molecule has 1 aromatic carbocycles. The highest BCUT2D eigenvalue weighted by Gasteiger charge is 2.29. The van der Waals surface area contributed by atoms with E-state index < -0.39 is 29.9 Å². The summed E-state index contributed by atoms with van der Waals surface area (Å²) in [6.45, 7) is 2.68. The summed E-state index contributed by atoms with van der Waals surface area (Å²) in [5, 5.41) is 37.0. The smallest absolute Gasteiger partial charge is 0.326 e. The van der Waals surface area contributed by atoms with Crippen LogP contribution < -0.4 is 16.0 Å². The number of nitrogens with one attached hydrogen (secondary N) is 3. The van der Waals surface area contributed by atoms with Crippen molar-refractivity contribution in [2.45, 2.75) is 57.5 Å². The second kappa shape index (κ2) is 14.1. The number of carbonyl (C=O) groups excluding carboxylic acids is 2. The van der Waals surface area contributed by atoms with Gasteiger partial charge in [-0.25, -0.2) is 9.59 Å². The van der Waals surface area contributed by atoms with Crippen molar-refractivity contribution in [3.63, 3.8) is 0 Å². The zero-order valence-electron chi connectivity index (χ0n) is 20.0. The Bertz CT molecular complexity index is 856. The minimum Gasteiger partial charge on any atom is -0.508 e. The molecule has 1 saturated heterocycles. The topological polar surface area (TPSA) is 168 Å². The predicted molar refractivity (Wildman–Crippen MR) is 128 cm³/mol. The Labute approximate surface area is 204 Å². The largest absolute Gasteiger partial charge is 0.508 e. The number of unbranched alkanes of at least 4 members (excludes halogenated alkanes) is 2. The van der Waals surface area contributed by atoms with E-state index >= 15 is 0 Å². The third-order valence-corrected chi connectivity index (χ3v) is 5.98. The molecule has 0 spiro atoms. The molecule has 3 atom stereocenters. The first kappa shape index (κ1) is 27.9. The van der Waals surface area contributed by atoms with Crippen molar-refractivity contribution < 1.29 is 34.5 Å². The number of benzene rings is 1. The Morgan fingerprint density at radius 2 is 1.83 bits per heavy atom. The number of hydrogen-bond donors (Lipinski definition) is 6. The lowest BCUT2D eigenvalue weighted by Crippen LogP contribution is -2.52. The molecule has 0 unspecified atom stereocenters. The van der Waals surface area contributed by atoms with E-state index in [-0.39, 0.29) is 43.8 Å². The van der Waals surface area contributed by atoms with Gasteiger partial charge in [-0.1, -0.05) is 31.9 Å². The van der Waals surface area contributed by atoms with Gasteiger partial charge in [-0.3, -0.25) is 9.59 Å². The maximum absolute atomic E-state index is 13.0. The maximum Gasteiger partial charge on any atom is 0.326 e. The molecule has 6 N–H and O–H groups in total. The zero-order valence-corrected chi connectivity index (χ0v) is 20.0. The number of phenols is 1. The van der Waals surface area contributed by atoms with Crippen molar-refractivity contribution in [1.29, 1.82) is 0 Å². The highest BCUT2D eigenvalue weighted by atomic mass is 16.4. The van der Waals surface area contributed by atoms with Gasteiger partial charge in [-0.05, 0) is 43.5 Å². The van der Waals surface area contributed by atoms with E-state index in [4.69, 9.17) is 0 Å². The summed E-state index contributed by atoms with van der Waals surface area (Å²) in [5.41, 5.74) is 0.611. The summed E-state index contributed by atoms with van der Waals surface area (Å²) in [7, 11) is 0. The van der Waals surface area contributed by atoms with Crippen molar-refractivity contribution in [1.82, 2.24) is 20.9 Å². The van der Waals surface area contributed by atoms with Gasteiger partial charge in [0.15, 0.2) is 0 Å². The molecule has 1 fully saturated rings. The van der Waals surface area contributed by atoms with Crippen molar-refractivity contribution in [3.8, 4) is 5.75 Å². The highest BCUT2D eigenvalue weighted by Crippen LogP contribution is 2.13. The SMILES string of the molecule is CCCCCN(C[C@H](CNC(=O)[C@@H]1CCCN1)C(=O)O)C(=O)N[C@@H](Cc1ccc(O)cc1)C(=O)O. The molecule has 194 valence electrons. The van der Waals surface area contributed by atoms with Crippen LogP contribution in [0.5, 0.6) is 5.75 Å². The standard InChI is InChI=1S/C24H36N4O7/c1-2-3-4-12-28(15-17(22(31)32)14-26-21(30)19-6-5-11-25-19)24(35)27-20(23(33)34)13-16-7-9-18(29)10-8-16/h7-10,17,19-20,25,29H,2-6,11-15H2,1H3,(H,26,30)(H,27,35)(H,31,32)(H,33,34)/t17-,19-,20-/m0/s1. The van der Waals surface area contributed by atoms with Gasteiger partial charge in [-0.2, -0.15) is 0 Å². The summed E-state index contributed by atoms with van der Waals surface area (Å²) in [5.74, 6) is -3.66. The number of amides is 3. The van der Waals surface area contributed by atoms with Crippen LogP contribution in [-0.4, -0.2) is 82.4 Å². The molecular formula is C24H36N4O7. The van der Waals surface area contributed by atoms with Gasteiger partial charge in [0, 0.05) is 26.1 Å². The molecule has 0 bridgehead atoms. The average molecular weight is 493 g/mol. The third-order valence-electron chi connectivity index (χ3n) is 5.98. The first-order chi connectivity index (χ1) is 16.7. The van der Waals surface area contributed by atoms with Crippen molar-refractivity contribution in [3.05, 3.63) is 29.8 Å². The van der Waals surface area contributed by atoms with E-state index in [9.17, 15) is 34.5 Å². The fraction of sp³-hybridized carbons (Fsp3) is 0.583. The van der Waals surface area contributed by atoms with Crippen LogP contribution in [0.4, 0.5) is 4.79 Å². The quantitative estimate of drug-likeness (QED) is 0.210. The molecule has 0 saturated carbocycles. The summed E-state index contributed by atoms with van der Waals surface area (Å²) in [6, 6.07) is 3.74. The first-order valence-corrected chi connectivity index (χ1v) is 12.0. The number of hydrogen-bond acceptors (Lipinski definition) is 6. The summed E-state index contributed by atoms with van der Waals surface area (Å²) < 4.78 is 0. The van der Waals surface area contributed by atoms with Crippen LogP contribution in [-0.2, 0) is 20.8 Å². The normalized spacial score (nSPS) is 16.8. The molecule has 0 aliphatic carbocycles. The van der Waals surface area contributed by atoms with E-state index in [2.05, 4.69) is 16.0 Å². The fourth-order valence-electron chi connectivity index (χ4n) is 3.89. The molecule has 1 heterocycles. The van der Waals surface area contributed by atoms with E-state index in [0.29, 0.717) is 18.4 Å². The molecule has 3 amide bonds. The van der Waals surface area contributed by atoms with Crippen LogP contribution in [0, 0.1) is 5.92 Å². The molecule has 35 heavy (non-hydrogen) atoms. The van der Waals surface area contributed by atoms with Crippen LogP contribution in [0.1, 0.15) is 44.6 Å². The number of carboxylic acid groups (broad SMARTS) is 2. The summed E-state index contributed by atoms with van der Waals surface area (Å²) >= 11 is 0. The van der Waals surface area contributed by atoms with Crippen molar-refractivity contribution >= 4 is 23.9 Å². The van der Waals surface area contributed by atoms with Crippen molar-refractivity contribution in [2.24, 2.45) is 5.92 Å². The molecule has 0 aromatic heterocycles. The monoisotopic (exact) mass is 492 g/mol. The number of carbonyl (C=O) groups is 4. The minimum atomic E-state index is -1.24. The second-order valence-corrected chi connectivity index (χ2v) is 8.79. The van der Waals surface area contributed by atoms with E-state index in [1.165, 1.54) is 17.0 Å². The number of urea groups is 1. The number of phenolic OH excluding ortho intramolecular Hbond substituents is 1. The van der Waals surface area contributed by atoms with Gasteiger partial charge < -0.3 is 36.2 Å². The molecule has 1 aliphatic rings. The average Bonchev–Trinajstić information content (AvgIpc) is 3.36. The van der Waals surface area contributed by atoms with Gasteiger partial charge >= 0.3 is 18.0 Å². The molecular weight excluding hydrogens is 456 g/mol. The minimum absolute atomic E-state index is 0.00302. The fourth-order valence-corrected chi connectivity index (χ4v) is 3.89. The Kier molecular flexibility index (Phi) is 11.3. The van der Waals surface area contributed by atoms with Crippen LogP contribution in [0.3, 0.4) is 0 Å². The predicted octanol–water partition coefficient (Wildman–Crippen LogP) is 1.16. The van der Waals surface area contributed by atoms with Gasteiger partial charge in [0.25, 0.3) is 0 Å². The molecule has 0 radical (unpaired) electrons. The van der Waals surface area contributed by atoms with E-state index in [1.54, 1.807) is 12.1 Å². The Morgan fingerprint density at radius 3 is 2.40 bits per heavy atom. The van der Waals surface area contributed by atoms with Crippen molar-refractivity contribution in [2.75, 3.05) is 26.2 Å². The van der Waals surface area contributed by atoms with Crippen LogP contribution >= 0.6 is 0 Å². The van der Waals surface area contributed by atoms with Crippen LogP contribution in [0.15, 0.2) is 24.3 Å². The highest BCUT2D eigenvalue weighted by molar-refractivity contribution is 5.84. The first-order valence-electron chi connectivity index (χ1n) is 12.0. The molecule has 2 rings (SSSR count). The van der Waals surface area contributed by atoms with Crippen LogP contribution in [0.2, 0.25) is 0 Å². The lowest BCUT2D eigenvalue weighted by molar-refractivity contribution is -0.142. The van der Waals surface area contributed by atoms with Crippen LogP contribution in [0.25, 0.3) is 0 Å². The number of nitrogens with zero attached hydrogens (tertiary/aromatic N) is 1. The van der Waals surface area contributed by atoms with E-state index in [1.807, 2.05) is 6.92 Å². The van der Waals surface area contributed by atoms with Gasteiger partial charge in [0.2, 0.25) is 5.91 Å². The van der Waals surface area contributed by atoms with Gasteiger partial charge in [0.1, 0.15) is 11.8 Å². The zero-order chi connectivity index (χ0) is 25.8. The Hall–Kier alpha value is -3.34. The molecule has 1 aromatic rings. The van der Waals surface area contributed by atoms with Gasteiger partial charge in [0.05, 0.1) is 12.0 Å². The molecule has 11 nitrogen and oxygen atoms in total. The number of aliphatic carboxylic acids is 2. The summed E-state index contributed by atoms with van der Waals surface area (Å²) in [4.78, 5) is 50.3. The lowest BCUT2D eigenvalue weighted by atomic mass is 10.1.